The summed E-state index contributed by atoms with van der Waals surface area (Å²) in [6.07, 6.45) is 2.32. The van der Waals surface area contributed by atoms with Gasteiger partial charge < -0.3 is 5.73 Å². The monoisotopic (exact) mass is 256 g/mol. The number of benzene rings is 1. The largest absolute Gasteiger partial charge is 0.330 e. The van der Waals surface area contributed by atoms with Crippen LogP contribution in [0.15, 0.2) is 18.2 Å². The second kappa shape index (κ2) is 5.80. The van der Waals surface area contributed by atoms with Gasteiger partial charge in [0.05, 0.1) is 5.02 Å². The number of hydrogen-bond donors (Lipinski definition) is 1. The molecule has 94 valence electrons. The maximum Gasteiger partial charge on any atom is 0.141 e. The lowest BCUT2D eigenvalue weighted by Crippen LogP contribution is -2.35. The molecule has 0 saturated carbocycles. The van der Waals surface area contributed by atoms with E-state index in [1.165, 1.54) is 6.07 Å². The van der Waals surface area contributed by atoms with Crippen LogP contribution in [-0.2, 0) is 6.54 Å². The Morgan fingerprint density at radius 2 is 2.06 bits per heavy atom. The lowest BCUT2D eigenvalue weighted by atomic mass is 9.97. The number of piperidine rings is 1. The molecule has 0 unspecified atom stereocenters. The van der Waals surface area contributed by atoms with Crippen molar-refractivity contribution in [2.45, 2.75) is 19.4 Å². The van der Waals surface area contributed by atoms with Gasteiger partial charge in [-0.1, -0.05) is 17.7 Å². The standard InChI is InChI=1S/C13H18ClFN2/c14-12-7-11(1-2-13(12)15)9-17-5-3-10(8-16)4-6-17/h1-2,7,10H,3-6,8-9,16H2. The van der Waals surface area contributed by atoms with Crippen LogP contribution in [0.1, 0.15) is 18.4 Å². The van der Waals surface area contributed by atoms with Crippen LogP contribution in [0.5, 0.6) is 0 Å². The summed E-state index contributed by atoms with van der Waals surface area (Å²) in [7, 11) is 0. The minimum atomic E-state index is -0.350. The molecule has 1 aliphatic heterocycles. The molecule has 4 heteroatoms. The van der Waals surface area contributed by atoms with Gasteiger partial charge in [0, 0.05) is 6.54 Å². The first-order chi connectivity index (χ1) is 8.19. The van der Waals surface area contributed by atoms with E-state index in [0.717, 1.165) is 44.6 Å². The predicted octanol–water partition coefficient (Wildman–Crippen LogP) is 2.65. The van der Waals surface area contributed by atoms with Crippen molar-refractivity contribution in [2.75, 3.05) is 19.6 Å². The van der Waals surface area contributed by atoms with E-state index >= 15 is 0 Å². The number of hydrogen-bond acceptors (Lipinski definition) is 2. The van der Waals surface area contributed by atoms with E-state index in [2.05, 4.69) is 4.90 Å². The van der Waals surface area contributed by atoms with Gasteiger partial charge in [-0.2, -0.15) is 0 Å². The van der Waals surface area contributed by atoms with Gasteiger partial charge in [-0.25, -0.2) is 4.39 Å². The summed E-state index contributed by atoms with van der Waals surface area (Å²) in [5, 5.41) is 0.208. The molecule has 1 aromatic rings. The van der Waals surface area contributed by atoms with Crippen LogP contribution in [0.25, 0.3) is 0 Å². The second-order valence-electron chi connectivity index (χ2n) is 4.70. The average Bonchev–Trinajstić information content (AvgIpc) is 2.35. The van der Waals surface area contributed by atoms with Crippen molar-refractivity contribution in [1.82, 2.24) is 4.90 Å². The highest BCUT2D eigenvalue weighted by Gasteiger charge is 2.18. The zero-order valence-electron chi connectivity index (χ0n) is 9.83. The Morgan fingerprint density at radius 1 is 1.35 bits per heavy atom. The Kier molecular flexibility index (Phi) is 4.37. The highest BCUT2D eigenvalue weighted by atomic mass is 35.5. The first-order valence-electron chi connectivity index (χ1n) is 6.05. The lowest BCUT2D eigenvalue weighted by molar-refractivity contribution is 0.180. The van der Waals surface area contributed by atoms with Gasteiger partial charge in [0.2, 0.25) is 0 Å². The summed E-state index contributed by atoms with van der Waals surface area (Å²) in [6.45, 7) is 3.77. The van der Waals surface area contributed by atoms with Crippen LogP contribution in [0, 0.1) is 11.7 Å². The SMILES string of the molecule is NCC1CCN(Cc2ccc(F)c(Cl)c2)CC1. The summed E-state index contributed by atoms with van der Waals surface area (Å²) in [6, 6.07) is 4.95. The molecule has 0 spiro atoms. The highest BCUT2D eigenvalue weighted by molar-refractivity contribution is 6.30. The maximum absolute atomic E-state index is 13.0. The van der Waals surface area contributed by atoms with Crippen molar-refractivity contribution < 1.29 is 4.39 Å². The summed E-state index contributed by atoms with van der Waals surface area (Å²) in [5.74, 6) is 0.320. The van der Waals surface area contributed by atoms with Crippen molar-refractivity contribution in [3.63, 3.8) is 0 Å². The lowest BCUT2D eigenvalue weighted by Gasteiger charge is -2.31. The number of nitrogens with two attached hydrogens (primary N) is 1. The molecule has 1 saturated heterocycles. The van der Waals surface area contributed by atoms with Gasteiger partial charge in [0.15, 0.2) is 0 Å². The molecule has 0 aromatic heterocycles. The number of halogens is 2. The molecule has 1 fully saturated rings. The molecular formula is C13H18ClFN2. The van der Waals surface area contributed by atoms with Gasteiger partial charge in [0.25, 0.3) is 0 Å². The van der Waals surface area contributed by atoms with Gasteiger partial charge in [0.1, 0.15) is 5.82 Å². The highest BCUT2D eigenvalue weighted by Crippen LogP contribution is 2.20. The molecule has 2 rings (SSSR count). The van der Waals surface area contributed by atoms with Crippen LogP contribution < -0.4 is 5.73 Å². The first kappa shape index (κ1) is 12.8. The average molecular weight is 257 g/mol. The minimum absolute atomic E-state index is 0.208. The molecule has 2 nitrogen and oxygen atoms in total. The summed E-state index contributed by atoms with van der Waals surface area (Å²) < 4.78 is 13.0. The van der Waals surface area contributed by atoms with Crippen LogP contribution in [0.3, 0.4) is 0 Å². The third kappa shape index (κ3) is 3.41. The van der Waals surface area contributed by atoms with Crippen molar-refractivity contribution in [3.8, 4) is 0 Å². The Hall–Kier alpha value is -0.640. The molecule has 2 N–H and O–H groups in total. The van der Waals surface area contributed by atoms with E-state index in [1.807, 2.05) is 0 Å². The van der Waals surface area contributed by atoms with Crippen LogP contribution in [-0.4, -0.2) is 24.5 Å². The minimum Gasteiger partial charge on any atom is -0.330 e. The fourth-order valence-electron chi connectivity index (χ4n) is 2.28. The van der Waals surface area contributed by atoms with Gasteiger partial charge in [-0.3, -0.25) is 4.90 Å². The first-order valence-corrected chi connectivity index (χ1v) is 6.43. The molecule has 0 radical (unpaired) electrons. The molecule has 1 heterocycles. The Balaban J connectivity index is 1.91. The Morgan fingerprint density at radius 3 is 2.65 bits per heavy atom. The summed E-state index contributed by atoms with van der Waals surface area (Å²) in [5.41, 5.74) is 6.73. The Bertz CT molecular complexity index is 376. The van der Waals surface area contributed by atoms with E-state index in [9.17, 15) is 4.39 Å². The molecule has 17 heavy (non-hydrogen) atoms. The molecule has 0 atom stereocenters. The van der Waals surface area contributed by atoms with Crippen molar-refractivity contribution in [3.05, 3.63) is 34.6 Å². The molecule has 0 amide bonds. The van der Waals surface area contributed by atoms with Crippen molar-refractivity contribution >= 4 is 11.6 Å². The quantitative estimate of drug-likeness (QED) is 0.901. The molecule has 1 aromatic carbocycles. The smallest absolute Gasteiger partial charge is 0.141 e. The third-order valence-corrected chi connectivity index (χ3v) is 3.72. The van der Waals surface area contributed by atoms with Gasteiger partial charge in [-0.05, 0) is 56.1 Å². The van der Waals surface area contributed by atoms with Gasteiger partial charge in [-0.15, -0.1) is 0 Å². The van der Waals surface area contributed by atoms with E-state index in [0.29, 0.717) is 5.92 Å². The summed E-state index contributed by atoms with van der Waals surface area (Å²) >= 11 is 5.77. The fraction of sp³-hybridized carbons (Fsp3) is 0.538. The van der Waals surface area contributed by atoms with Crippen LogP contribution in [0.4, 0.5) is 4.39 Å². The van der Waals surface area contributed by atoms with Crippen molar-refractivity contribution in [2.24, 2.45) is 11.7 Å². The maximum atomic E-state index is 13.0. The van der Waals surface area contributed by atoms with E-state index in [4.69, 9.17) is 17.3 Å². The fourth-order valence-corrected chi connectivity index (χ4v) is 2.48. The number of likely N-dealkylation sites (tertiary alicyclic amines) is 1. The Labute approximate surface area is 107 Å². The van der Waals surface area contributed by atoms with Crippen LogP contribution >= 0.6 is 11.6 Å². The normalized spacial score (nSPS) is 18.5. The number of rotatable bonds is 3. The van der Waals surface area contributed by atoms with Crippen molar-refractivity contribution in [1.29, 1.82) is 0 Å². The topological polar surface area (TPSA) is 29.3 Å². The predicted molar refractivity (Wildman–Crippen MR) is 68.5 cm³/mol. The zero-order chi connectivity index (χ0) is 12.3. The molecule has 0 bridgehead atoms. The molecular weight excluding hydrogens is 239 g/mol. The number of nitrogens with zero attached hydrogens (tertiary/aromatic N) is 1. The van der Waals surface area contributed by atoms with E-state index < -0.39 is 0 Å². The molecule has 0 aliphatic carbocycles. The second-order valence-corrected chi connectivity index (χ2v) is 5.11. The van der Waals surface area contributed by atoms with E-state index in [1.54, 1.807) is 12.1 Å². The van der Waals surface area contributed by atoms with Crippen LogP contribution in [0.2, 0.25) is 5.02 Å². The third-order valence-electron chi connectivity index (χ3n) is 3.43. The zero-order valence-corrected chi connectivity index (χ0v) is 10.6. The molecule has 1 aliphatic rings. The van der Waals surface area contributed by atoms with E-state index in [-0.39, 0.29) is 10.8 Å². The van der Waals surface area contributed by atoms with Gasteiger partial charge >= 0.3 is 0 Å². The summed E-state index contributed by atoms with van der Waals surface area (Å²) in [4.78, 5) is 2.37.